The zero-order valence-corrected chi connectivity index (χ0v) is 50.5. The van der Waals surface area contributed by atoms with Gasteiger partial charge in [-0.15, -0.1) is 5.10 Å². The highest BCUT2D eigenvalue weighted by Crippen LogP contribution is 2.67. The predicted octanol–water partition coefficient (Wildman–Crippen LogP) is 12.7. The summed E-state index contributed by atoms with van der Waals surface area (Å²) >= 11 is 0. The minimum Gasteiger partial charge on any atom is -0.508 e. The number of benzene rings is 2. The number of aromatic hydroxyl groups is 1. The molecule has 82 heavy (non-hydrogen) atoms. The Morgan fingerprint density at radius 2 is 1.45 bits per heavy atom. The second kappa shape index (κ2) is 31.7. The lowest BCUT2D eigenvalue weighted by Gasteiger charge is -2.58. The number of hydrogen-bond acceptors (Lipinski definition) is 12. The largest absolute Gasteiger partial charge is 0.508 e. The molecule has 15 heteroatoms. The number of rotatable bonds is 34. The van der Waals surface area contributed by atoms with Crippen molar-refractivity contribution in [3.63, 3.8) is 0 Å². The number of amides is 2. The summed E-state index contributed by atoms with van der Waals surface area (Å²) in [7, 11) is 2.98. The van der Waals surface area contributed by atoms with E-state index in [2.05, 4.69) is 67.0 Å². The van der Waals surface area contributed by atoms with Gasteiger partial charge < -0.3 is 45.1 Å². The second-order valence-electron chi connectivity index (χ2n) is 24.9. The molecular formula is C67H98N6O9. The van der Waals surface area contributed by atoms with Gasteiger partial charge in [-0.25, -0.2) is 0 Å². The average Bonchev–Trinajstić information content (AvgIpc) is 4.25. The molecule has 3 aromatic rings. The van der Waals surface area contributed by atoms with Crippen LogP contribution in [0.25, 0.3) is 12.2 Å². The number of ketones is 1. The lowest BCUT2D eigenvalue weighted by atomic mass is 9.47. The number of aliphatic hydroxyl groups is 1. The minimum absolute atomic E-state index is 0.000897. The van der Waals surface area contributed by atoms with Crippen LogP contribution in [0.2, 0.25) is 0 Å². The molecular weight excluding hydrogens is 1030 g/mol. The number of phenols is 1. The molecule has 0 aliphatic heterocycles. The summed E-state index contributed by atoms with van der Waals surface area (Å²) in [6.07, 6.45) is 34.8. The van der Waals surface area contributed by atoms with Gasteiger partial charge in [-0.05, 0) is 177 Å². The third-order valence-electron chi connectivity index (χ3n) is 18.8. The summed E-state index contributed by atoms with van der Waals surface area (Å²) in [5.74, 6) is 5.51. The number of fused-ring (bicyclic) bond motifs is 5. The Hall–Kier alpha value is -5.93. The van der Waals surface area contributed by atoms with Crippen molar-refractivity contribution in [3.05, 3.63) is 95.1 Å². The Kier molecular flexibility index (Phi) is 24.6. The zero-order valence-electron chi connectivity index (χ0n) is 50.5. The number of methoxy groups -OCH3 is 2. The average molecular weight is 1130 g/mol. The molecule has 2 amide bonds. The number of nitrogens with one attached hydrogen (secondary N) is 3. The van der Waals surface area contributed by atoms with Crippen LogP contribution in [0.5, 0.6) is 23.0 Å². The third kappa shape index (κ3) is 18.3. The minimum atomic E-state index is -0.419. The first-order valence-corrected chi connectivity index (χ1v) is 31.0. The van der Waals surface area contributed by atoms with Gasteiger partial charge in [-0.3, -0.25) is 19.1 Å². The van der Waals surface area contributed by atoms with E-state index in [1.54, 1.807) is 52.7 Å². The number of carbonyl (C=O) groups excluding carboxylic acids is 3. The van der Waals surface area contributed by atoms with Crippen molar-refractivity contribution in [1.29, 1.82) is 0 Å². The summed E-state index contributed by atoms with van der Waals surface area (Å²) in [5.41, 5.74) is 4.75. The van der Waals surface area contributed by atoms with Gasteiger partial charge >= 0.3 is 0 Å². The number of unbranched alkanes of at least 4 members (excludes halogenated alkanes) is 6. The maximum absolute atomic E-state index is 12.4. The van der Waals surface area contributed by atoms with Crippen molar-refractivity contribution in [2.24, 2.45) is 46.3 Å². The molecule has 450 valence electrons. The Morgan fingerprint density at radius 1 is 0.768 bits per heavy atom. The third-order valence-corrected chi connectivity index (χ3v) is 18.8. The zero-order chi connectivity index (χ0) is 58.5. The highest BCUT2D eigenvalue weighted by atomic mass is 16.5. The fraction of sp³-hybridized carbons (Fsp3) is 0.627. The van der Waals surface area contributed by atoms with Crippen LogP contribution >= 0.6 is 0 Å². The van der Waals surface area contributed by atoms with E-state index >= 15 is 0 Å². The molecule has 0 bridgehead atoms. The molecule has 7 rings (SSSR count). The number of allylic oxidation sites excluding steroid dienone is 4. The van der Waals surface area contributed by atoms with Crippen LogP contribution in [0.4, 0.5) is 0 Å². The van der Waals surface area contributed by atoms with E-state index in [0.717, 1.165) is 99.5 Å². The van der Waals surface area contributed by atoms with Crippen molar-refractivity contribution in [2.75, 3.05) is 47.1 Å². The highest BCUT2D eigenvalue weighted by molar-refractivity contribution is 6.02. The van der Waals surface area contributed by atoms with Gasteiger partial charge in [0.15, 0.2) is 28.8 Å². The number of aromatic nitrogens is 3. The quantitative estimate of drug-likeness (QED) is 0.0125. The summed E-state index contributed by atoms with van der Waals surface area (Å²) in [6, 6.07) is 10.6. The Bertz CT molecular complexity index is 2660. The van der Waals surface area contributed by atoms with E-state index in [1.807, 2.05) is 6.20 Å². The Labute approximate surface area is 489 Å². The number of nitrogens with zero attached hydrogens (tertiary/aromatic N) is 3. The Morgan fingerprint density at radius 3 is 2.17 bits per heavy atom. The molecule has 3 fully saturated rings. The number of hydrogen-bond donors (Lipinski definition) is 5. The number of phenolic OH excluding ortho intramolecular Hbond substituents is 1. The van der Waals surface area contributed by atoms with Gasteiger partial charge in [-0.2, -0.15) is 0 Å². The molecule has 2 aromatic carbocycles. The van der Waals surface area contributed by atoms with Crippen LogP contribution in [0, 0.1) is 46.3 Å². The Balaban J connectivity index is 0.664. The first-order chi connectivity index (χ1) is 39.6. The molecule has 8 atom stereocenters. The standard InChI is InChI=1S/C67H98N6O9/c1-47(2)17-16-18-48(3)57-27-28-58-56-26-23-51-41-52(31-33-66(51,4)59(56)32-34-67(57,58)5)68-35-12-8-9-13-36-69-64(77)45-81-46-65(78)70-37-14-10-11-15-38-73-43-53(71-72-73)44-82-61-30-22-50(40-63(61)80-7)20-25-55(75)42-54(74)24-19-49-21-29-60(76)62(39-49)79-6/h19-25,29-30,39-40,42-43,47-48,52,56-59,68,75-76H,8-18,26-28,31-38,41,44-46H2,1-7H3,(H,69,77)(H,70,78)/b24-19+,25-20+,55-42-/t48-,52+,56+,57-,58+,59+,66+,67-/m1/s1. The molecule has 1 aromatic heterocycles. The molecule has 4 aliphatic rings. The van der Waals surface area contributed by atoms with Crippen molar-refractivity contribution < 1.29 is 43.5 Å². The van der Waals surface area contributed by atoms with E-state index in [9.17, 15) is 24.6 Å². The van der Waals surface area contributed by atoms with Gasteiger partial charge in [0.25, 0.3) is 0 Å². The smallest absolute Gasteiger partial charge is 0.246 e. The van der Waals surface area contributed by atoms with E-state index < -0.39 is 5.78 Å². The molecule has 1 heterocycles. The fourth-order valence-electron chi connectivity index (χ4n) is 14.3. The molecule has 0 spiro atoms. The van der Waals surface area contributed by atoms with Gasteiger partial charge in [0, 0.05) is 31.8 Å². The number of ether oxygens (including phenoxy) is 4. The van der Waals surface area contributed by atoms with Gasteiger partial charge in [-0.1, -0.05) is 121 Å². The lowest BCUT2D eigenvalue weighted by Crippen LogP contribution is -2.51. The van der Waals surface area contributed by atoms with Crippen molar-refractivity contribution in [3.8, 4) is 23.0 Å². The number of aryl methyl sites for hydroxylation is 1. The van der Waals surface area contributed by atoms with Gasteiger partial charge in [0.2, 0.25) is 11.8 Å². The topological polar surface area (TPSA) is 195 Å². The summed E-state index contributed by atoms with van der Waals surface area (Å²) in [4.78, 5) is 37.0. The highest BCUT2D eigenvalue weighted by Gasteiger charge is 2.59. The van der Waals surface area contributed by atoms with Crippen molar-refractivity contribution >= 4 is 29.7 Å². The van der Waals surface area contributed by atoms with Crippen molar-refractivity contribution in [2.45, 2.75) is 176 Å². The molecule has 0 unspecified atom stereocenters. The van der Waals surface area contributed by atoms with Crippen LogP contribution in [-0.4, -0.2) is 95.9 Å². The molecule has 0 saturated heterocycles. The van der Waals surface area contributed by atoms with Crippen molar-refractivity contribution in [1.82, 2.24) is 30.9 Å². The van der Waals surface area contributed by atoms with E-state index in [4.69, 9.17) is 18.9 Å². The number of aliphatic hydroxyl groups excluding tert-OH is 1. The van der Waals surface area contributed by atoms with Crippen LogP contribution in [0.3, 0.4) is 0 Å². The molecule has 0 radical (unpaired) electrons. The van der Waals surface area contributed by atoms with Gasteiger partial charge in [0.05, 0.1) is 20.4 Å². The van der Waals surface area contributed by atoms with Crippen LogP contribution in [-0.2, 0) is 32.3 Å². The van der Waals surface area contributed by atoms with E-state index in [-0.39, 0.29) is 43.1 Å². The summed E-state index contributed by atoms with van der Waals surface area (Å²) in [6.45, 7) is 15.6. The summed E-state index contributed by atoms with van der Waals surface area (Å²) in [5, 5.41) is 38.3. The molecule has 4 aliphatic carbocycles. The first kappa shape index (κ1) is 63.6. The van der Waals surface area contributed by atoms with Crippen LogP contribution < -0.4 is 30.2 Å². The fourth-order valence-corrected chi connectivity index (χ4v) is 14.3. The first-order valence-electron chi connectivity index (χ1n) is 31.0. The normalized spacial score (nSPS) is 23.7. The molecule has 3 saturated carbocycles. The van der Waals surface area contributed by atoms with Crippen LogP contribution in [0.1, 0.15) is 173 Å². The molecule has 15 nitrogen and oxygen atoms in total. The maximum Gasteiger partial charge on any atom is 0.246 e. The second-order valence-corrected chi connectivity index (χ2v) is 24.9. The van der Waals surface area contributed by atoms with E-state index in [0.29, 0.717) is 70.6 Å². The maximum atomic E-state index is 12.4. The summed E-state index contributed by atoms with van der Waals surface area (Å²) < 4.78 is 23.8. The van der Waals surface area contributed by atoms with Gasteiger partial charge in [0.1, 0.15) is 31.3 Å². The molecule has 5 N–H and O–H groups in total. The lowest BCUT2D eigenvalue weighted by molar-refractivity contribution is -0.131. The SMILES string of the molecule is COc1cc(/C=C/C(=O)/C=C(O)/C=C/c2ccc(OCc3cn(CCCCCCNC(=O)COCC(=O)NCCCCCCN[C@H]4CC[C@@]5(C)C(=CC[C@H]6[C@@H]7CC[C@H]([C@H](C)CCCC(C)C)[C@@]7(C)CC[C@@H]65)C4)nn3)c(OC)c2)ccc1O. The van der Waals surface area contributed by atoms with E-state index in [1.165, 1.54) is 103 Å². The number of carbonyl (C=O) groups is 3. The van der Waals surface area contributed by atoms with Crippen LogP contribution in [0.15, 0.2) is 78.2 Å². The monoisotopic (exact) mass is 1130 g/mol. The predicted molar refractivity (Wildman–Crippen MR) is 324 cm³/mol.